The van der Waals surface area contributed by atoms with E-state index in [1.165, 1.54) is 0 Å². The summed E-state index contributed by atoms with van der Waals surface area (Å²) in [5.41, 5.74) is 0.774. The number of fused-ring (bicyclic) bond motifs is 1. The Morgan fingerprint density at radius 3 is 2.68 bits per heavy atom. The van der Waals surface area contributed by atoms with Crippen molar-refractivity contribution >= 4 is 5.78 Å². The zero-order chi connectivity index (χ0) is 15.9. The summed E-state index contributed by atoms with van der Waals surface area (Å²) >= 11 is 0. The highest BCUT2D eigenvalue weighted by Gasteiger charge is 2.52. The SMILES string of the molecule is CC(C)COC1=CC(C)C2C[C@]3(CC[C@@H](O)CC3)C(=O)C2=C1. The van der Waals surface area contributed by atoms with Crippen LogP contribution in [0.25, 0.3) is 0 Å². The highest BCUT2D eigenvalue weighted by atomic mass is 16.5. The van der Waals surface area contributed by atoms with Gasteiger partial charge in [0, 0.05) is 11.0 Å². The number of ether oxygens (including phenoxy) is 1. The fourth-order valence-electron chi connectivity index (χ4n) is 4.26. The van der Waals surface area contributed by atoms with E-state index in [2.05, 4.69) is 26.8 Å². The lowest BCUT2D eigenvalue weighted by Crippen LogP contribution is -2.33. The molecule has 0 amide bonds. The highest BCUT2D eigenvalue weighted by Crippen LogP contribution is 2.54. The predicted octanol–water partition coefficient (Wildman–Crippen LogP) is 3.63. The molecule has 3 nitrogen and oxygen atoms in total. The molecule has 122 valence electrons. The molecule has 2 fully saturated rings. The van der Waals surface area contributed by atoms with Crippen molar-refractivity contribution in [3.63, 3.8) is 0 Å². The molecule has 0 bridgehead atoms. The number of hydrogen-bond donors (Lipinski definition) is 1. The summed E-state index contributed by atoms with van der Waals surface area (Å²) in [6.07, 6.45) is 8.14. The number of carbonyl (C=O) groups is 1. The van der Waals surface area contributed by atoms with Gasteiger partial charge in [0.1, 0.15) is 5.76 Å². The molecule has 3 heteroatoms. The molecule has 0 aliphatic heterocycles. The van der Waals surface area contributed by atoms with Gasteiger partial charge in [0.25, 0.3) is 0 Å². The van der Waals surface area contributed by atoms with Gasteiger partial charge in [-0.3, -0.25) is 4.79 Å². The summed E-state index contributed by atoms with van der Waals surface area (Å²) < 4.78 is 5.86. The summed E-state index contributed by atoms with van der Waals surface area (Å²) in [5.74, 6) is 2.38. The van der Waals surface area contributed by atoms with Crippen LogP contribution < -0.4 is 0 Å². The molecule has 1 spiro atoms. The van der Waals surface area contributed by atoms with E-state index in [1.807, 2.05) is 6.08 Å². The first-order chi connectivity index (χ1) is 10.4. The van der Waals surface area contributed by atoms with E-state index in [9.17, 15) is 9.90 Å². The van der Waals surface area contributed by atoms with Crippen molar-refractivity contribution in [2.75, 3.05) is 6.61 Å². The fourth-order valence-corrected chi connectivity index (χ4v) is 4.26. The van der Waals surface area contributed by atoms with Crippen molar-refractivity contribution in [1.82, 2.24) is 0 Å². The van der Waals surface area contributed by atoms with Gasteiger partial charge in [0.2, 0.25) is 0 Å². The predicted molar refractivity (Wildman–Crippen MR) is 86.1 cm³/mol. The van der Waals surface area contributed by atoms with Gasteiger partial charge in [0.05, 0.1) is 12.7 Å². The lowest BCUT2D eigenvalue weighted by molar-refractivity contribution is -0.125. The average molecular weight is 304 g/mol. The molecule has 3 aliphatic rings. The molecule has 0 saturated heterocycles. The minimum absolute atomic E-state index is 0.203. The Kier molecular flexibility index (Phi) is 4.19. The van der Waals surface area contributed by atoms with Gasteiger partial charge in [-0.05, 0) is 62.0 Å². The Hall–Kier alpha value is -1.09. The Balaban J connectivity index is 1.79. The van der Waals surface area contributed by atoms with Gasteiger partial charge in [-0.1, -0.05) is 20.8 Å². The van der Waals surface area contributed by atoms with Gasteiger partial charge in [0.15, 0.2) is 5.78 Å². The molecule has 3 aliphatic carbocycles. The zero-order valence-electron chi connectivity index (χ0n) is 14.0. The number of rotatable bonds is 3. The largest absolute Gasteiger partial charge is 0.494 e. The third-order valence-electron chi connectivity index (χ3n) is 5.61. The van der Waals surface area contributed by atoms with E-state index in [4.69, 9.17) is 4.74 Å². The second-order valence-corrected chi connectivity index (χ2v) is 7.88. The van der Waals surface area contributed by atoms with Crippen molar-refractivity contribution < 1.29 is 14.6 Å². The number of hydrogen-bond acceptors (Lipinski definition) is 3. The monoisotopic (exact) mass is 304 g/mol. The second-order valence-electron chi connectivity index (χ2n) is 7.88. The minimum Gasteiger partial charge on any atom is -0.494 e. The van der Waals surface area contributed by atoms with E-state index in [-0.39, 0.29) is 11.5 Å². The maximum absolute atomic E-state index is 13.0. The van der Waals surface area contributed by atoms with Crippen LogP contribution in [0, 0.1) is 23.2 Å². The van der Waals surface area contributed by atoms with Crippen LogP contribution in [-0.4, -0.2) is 23.6 Å². The van der Waals surface area contributed by atoms with Crippen molar-refractivity contribution in [1.29, 1.82) is 0 Å². The zero-order valence-corrected chi connectivity index (χ0v) is 14.0. The van der Waals surface area contributed by atoms with Crippen LogP contribution in [-0.2, 0) is 9.53 Å². The number of carbonyl (C=O) groups excluding carboxylic acids is 1. The number of allylic oxidation sites excluding steroid dienone is 3. The van der Waals surface area contributed by atoms with Crippen molar-refractivity contribution in [3.8, 4) is 0 Å². The molecule has 1 N–H and O–H groups in total. The first-order valence-corrected chi connectivity index (χ1v) is 8.70. The number of ketones is 1. The van der Waals surface area contributed by atoms with E-state index < -0.39 is 0 Å². The molecule has 2 saturated carbocycles. The van der Waals surface area contributed by atoms with Crippen LogP contribution in [0.2, 0.25) is 0 Å². The van der Waals surface area contributed by atoms with Crippen LogP contribution in [0.4, 0.5) is 0 Å². The van der Waals surface area contributed by atoms with Gasteiger partial charge in [-0.15, -0.1) is 0 Å². The van der Waals surface area contributed by atoms with Gasteiger partial charge in [-0.25, -0.2) is 0 Å². The summed E-state index contributed by atoms with van der Waals surface area (Å²) in [4.78, 5) is 13.0. The van der Waals surface area contributed by atoms with Crippen LogP contribution >= 0.6 is 0 Å². The van der Waals surface area contributed by atoms with Crippen LogP contribution in [0.5, 0.6) is 0 Å². The first kappa shape index (κ1) is 15.8. The maximum atomic E-state index is 13.0. The van der Waals surface area contributed by atoms with Crippen molar-refractivity contribution in [3.05, 3.63) is 23.5 Å². The quantitative estimate of drug-likeness (QED) is 0.866. The molecule has 22 heavy (non-hydrogen) atoms. The molecular weight excluding hydrogens is 276 g/mol. The number of aliphatic hydroxyl groups is 1. The molecule has 2 atom stereocenters. The Morgan fingerprint density at radius 1 is 1.36 bits per heavy atom. The first-order valence-electron chi connectivity index (χ1n) is 8.70. The third kappa shape index (κ3) is 2.76. The van der Waals surface area contributed by atoms with Crippen molar-refractivity contribution in [2.45, 2.75) is 59.0 Å². The number of Topliss-reactive ketones (excluding diaryl/α,β-unsaturated/α-hetero) is 1. The lowest BCUT2D eigenvalue weighted by Gasteiger charge is -2.34. The summed E-state index contributed by atoms with van der Waals surface area (Å²) in [6, 6.07) is 0. The van der Waals surface area contributed by atoms with E-state index >= 15 is 0 Å². The Labute approximate surface area is 133 Å². The summed E-state index contributed by atoms with van der Waals surface area (Å²) in [7, 11) is 0. The maximum Gasteiger partial charge on any atom is 0.165 e. The lowest BCUT2D eigenvalue weighted by atomic mass is 9.70. The minimum atomic E-state index is -0.212. The molecule has 2 unspecified atom stereocenters. The Bertz CT molecular complexity index is 507. The molecule has 0 aromatic heterocycles. The smallest absolute Gasteiger partial charge is 0.165 e. The van der Waals surface area contributed by atoms with Crippen LogP contribution in [0.1, 0.15) is 52.9 Å². The highest BCUT2D eigenvalue weighted by molar-refractivity contribution is 6.03. The third-order valence-corrected chi connectivity index (χ3v) is 5.61. The molecule has 0 radical (unpaired) electrons. The van der Waals surface area contributed by atoms with E-state index in [1.54, 1.807) is 0 Å². The summed E-state index contributed by atoms with van der Waals surface area (Å²) in [5, 5.41) is 9.76. The standard InChI is InChI=1S/C19H28O3/c1-12(2)11-22-15-8-13(3)17-10-19(18(21)16(17)9-15)6-4-14(20)5-7-19/h8-9,12-14,17,20H,4-7,10-11H2,1-3H3/t13?,14-,17?,19-. The van der Waals surface area contributed by atoms with Gasteiger partial charge in [-0.2, -0.15) is 0 Å². The molecular formula is C19H28O3. The average Bonchev–Trinajstić information content (AvgIpc) is 2.75. The van der Waals surface area contributed by atoms with Crippen LogP contribution in [0.15, 0.2) is 23.5 Å². The molecule has 0 aromatic rings. The van der Waals surface area contributed by atoms with Crippen LogP contribution in [0.3, 0.4) is 0 Å². The normalized spacial score (nSPS) is 38.0. The molecule has 3 rings (SSSR count). The van der Waals surface area contributed by atoms with E-state index in [0.717, 1.165) is 43.4 Å². The topological polar surface area (TPSA) is 46.5 Å². The molecule has 0 heterocycles. The fraction of sp³-hybridized carbons (Fsp3) is 0.737. The second kappa shape index (κ2) is 5.84. The number of aliphatic hydroxyl groups excluding tert-OH is 1. The van der Waals surface area contributed by atoms with E-state index in [0.29, 0.717) is 30.1 Å². The summed E-state index contributed by atoms with van der Waals surface area (Å²) in [6.45, 7) is 7.15. The van der Waals surface area contributed by atoms with Crippen molar-refractivity contribution in [2.24, 2.45) is 23.2 Å². The van der Waals surface area contributed by atoms with Gasteiger partial charge >= 0.3 is 0 Å². The Morgan fingerprint density at radius 2 is 2.05 bits per heavy atom. The van der Waals surface area contributed by atoms with Gasteiger partial charge < -0.3 is 9.84 Å². The molecule has 0 aromatic carbocycles.